The van der Waals surface area contributed by atoms with E-state index in [4.69, 9.17) is 22.1 Å². The van der Waals surface area contributed by atoms with Gasteiger partial charge in [-0.15, -0.1) is 0 Å². The second kappa shape index (κ2) is 14.6. The number of nitrogens with two attached hydrogens (primary N) is 1. The third kappa shape index (κ3) is 7.78. The van der Waals surface area contributed by atoms with E-state index in [0.29, 0.717) is 40.9 Å². The lowest BCUT2D eigenvalue weighted by atomic mass is 9.96. The first-order chi connectivity index (χ1) is 20.9. The van der Waals surface area contributed by atoms with Crippen molar-refractivity contribution in [3.8, 4) is 5.75 Å². The van der Waals surface area contributed by atoms with E-state index in [0.717, 1.165) is 74.7 Å². The Bertz CT molecular complexity index is 1540. The fraction of sp³-hybridized carbons (Fsp3) is 0.371. The van der Waals surface area contributed by atoms with E-state index in [1.807, 2.05) is 36.5 Å². The number of nitrogen functional groups attached to an aromatic ring is 1. The summed E-state index contributed by atoms with van der Waals surface area (Å²) in [4.78, 5) is 28.5. The van der Waals surface area contributed by atoms with E-state index in [1.54, 1.807) is 12.1 Å². The highest BCUT2D eigenvalue weighted by Crippen LogP contribution is 2.29. The highest BCUT2D eigenvalue weighted by molar-refractivity contribution is 6.33. The molecule has 0 unspecified atom stereocenters. The van der Waals surface area contributed by atoms with Gasteiger partial charge < -0.3 is 25.3 Å². The number of ketones is 1. The van der Waals surface area contributed by atoms with E-state index in [-0.39, 0.29) is 11.7 Å². The van der Waals surface area contributed by atoms with Crippen LogP contribution in [-0.4, -0.2) is 54.4 Å². The molecule has 0 aliphatic carbocycles. The van der Waals surface area contributed by atoms with Crippen molar-refractivity contribution in [1.82, 2.24) is 14.8 Å². The van der Waals surface area contributed by atoms with Crippen molar-refractivity contribution < 1.29 is 14.3 Å². The molecule has 0 bridgehead atoms. The Balaban J connectivity index is 1.02. The number of carbonyl (C=O) groups is 2. The predicted molar refractivity (Wildman–Crippen MR) is 174 cm³/mol. The number of carbonyl (C=O) groups excluding carboxylic acids is 2. The van der Waals surface area contributed by atoms with Crippen LogP contribution in [0.2, 0.25) is 5.02 Å². The molecule has 1 saturated heterocycles. The Morgan fingerprint density at radius 2 is 1.72 bits per heavy atom. The van der Waals surface area contributed by atoms with Gasteiger partial charge in [0, 0.05) is 48.2 Å². The molecule has 226 valence electrons. The van der Waals surface area contributed by atoms with Crippen LogP contribution in [0.5, 0.6) is 5.75 Å². The summed E-state index contributed by atoms with van der Waals surface area (Å²) in [7, 11) is 1.51. The molecule has 43 heavy (non-hydrogen) atoms. The summed E-state index contributed by atoms with van der Waals surface area (Å²) in [5, 5.41) is 4.43. The smallest absolute Gasteiger partial charge is 0.255 e. The fourth-order valence-electron chi connectivity index (χ4n) is 5.97. The van der Waals surface area contributed by atoms with Gasteiger partial charge in [-0.3, -0.25) is 9.59 Å². The summed E-state index contributed by atoms with van der Waals surface area (Å²) >= 11 is 6.12. The van der Waals surface area contributed by atoms with Crippen LogP contribution >= 0.6 is 11.6 Å². The molecule has 1 amide bonds. The van der Waals surface area contributed by atoms with Gasteiger partial charge in [-0.05, 0) is 68.9 Å². The van der Waals surface area contributed by atoms with Crippen molar-refractivity contribution in [3.05, 3.63) is 94.6 Å². The van der Waals surface area contributed by atoms with Crippen LogP contribution in [0, 0.1) is 5.92 Å². The van der Waals surface area contributed by atoms with Crippen LogP contribution in [0.4, 0.5) is 5.69 Å². The molecule has 8 heteroatoms. The normalized spacial score (nSPS) is 14.2. The van der Waals surface area contributed by atoms with Crippen LogP contribution in [0.1, 0.15) is 64.8 Å². The molecular weight excluding hydrogens is 560 g/mol. The zero-order valence-corrected chi connectivity index (χ0v) is 25.6. The van der Waals surface area contributed by atoms with Gasteiger partial charge in [-0.2, -0.15) is 0 Å². The molecule has 1 fully saturated rings. The molecule has 1 aliphatic rings. The van der Waals surface area contributed by atoms with Gasteiger partial charge in [0.2, 0.25) is 0 Å². The number of halogens is 1. The molecule has 3 aromatic carbocycles. The minimum Gasteiger partial charge on any atom is -0.496 e. The first-order valence-corrected chi connectivity index (χ1v) is 15.6. The van der Waals surface area contributed by atoms with Gasteiger partial charge in [-0.25, -0.2) is 0 Å². The monoisotopic (exact) mass is 600 g/mol. The fourth-order valence-corrected chi connectivity index (χ4v) is 6.14. The maximum absolute atomic E-state index is 13.2. The van der Waals surface area contributed by atoms with E-state index in [1.165, 1.54) is 12.7 Å². The minimum atomic E-state index is -0.198. The zero-order valence-electron chi connectivity index (χ0n) is 24.9. The predicted octanol–water partition coefficient (Wildman–Crippen LogP) is 6.82. The quantitative estimate of drug-likeness (QED) is 0.0998. The molecule has 0 spiro atoms. The number of hydrogen-bond donors (Lipinski definition) is 2. The highest BCUT2D eigenvalue weighted by Gasteiger charge is 2.21. The van der Waals surface area contributed by atoms with Crippen molar-refractivity contribution in [2.45, 2.75) is 45.1 Å². The van der Waals surface area contributed by atoms with Crippen LogP contribution in [-0.2, 0) is 6.54 Å². The molecule has 3 N–H and O–H groups in total. The Morgan fingerprint density at radius 1 is 0.977 bits per heavy atom. The Morgan fingerprint density at radius 3 is 2.49 bits per heavy atom. The Hall–Kier alpha value is -3.81. The summed E-state index contributed by atoms with van der Waals surface area (Å²) in [5.74, 6) is 0.893. The number of benzene rings is 3. The molecular formula is C35H41ClN4O3. The van der Waals surface area contributed by atoms with Crippen molar-refractivity contribution in [2.75, 3.05) is 39.0 Å². The largest absolute Gasteiger partial charge is 0.496 e. The van der Waals surface area contributed by atoms with Gasteiger partial charge in [0.1, 0.15) is 5.75 Å². The first kappa shape index (κ1) is 30.6. The van der Waals surface area contributed by atoms with Crippen LogP contribution in [0.15, 0.2) is 72.9 Å². The topological polar surface area (TPSA) is 89.6 Å². The maximum atomic E-state index is 13.2. The van der Waals surface area contributed by atoms with Crippen molar-refractivity contribution >= 4 is 39.9 Å². The highest BCUT2D eigenvalue weighted by atomic mass is 35.5. The van der Waals surface area contributed by atoms with E-state index in [2.05, 4.69) is 39.0 Å². The summed E-state index contributed by atoms with van der Waals surface area (Å²) in [6.45, 7) is 4.48. The third-order valence-corrected chi connectivity index (χ3v) is 8.81. The number of fused-ring (bicyclic) bond motifs is 1. The number of amides is 1. The number of para-hydroxylation sites is 1. The molecule has 2 heterocycles. The number of nitrogens with zero attached hydrogens (tertiary/aromatic N) is 2. The van der Waals surface area contributed by atoms with E-state index in [9.17, 15) is 9.59 Å². The SMILES string of the molecule is COc1cc(N)c(Cl)cc1C(=O)NCC1CCN(CCCCCC(=O)c2cn(Cc3ccccc3)c3ccccc23)CC1. The zero-order chi connectivity index (χ0) is 30.2. The summed E-state index contributed by atoms with van der Waals surface area (Å²) < 4.78 is 7.50. The molecule has 4 aromatic rings. The third-order valence-electron chi connectivity index (χ3n) is 8.48. The van der Waals surface area contributed by atoms with E-state index >= 15 is 0 Å². The number of anilines is 1. The number of ether oxygens (including phenoxy) is 1. The standard InChI is InChI=1S/C35H41ClN4O3/c1-43-34-21-31(37)30(36)20-28(34)35(42)38-22-25-15-18-39(19-16-25)17-9-3-6-14-33(41)29-24-40(23-26-10-4-2-5-11-26)32-13-8-7-12-27(29)32/h2,4-5,7-8,10-13,20-21,24-25H,3,6,9,14-19,22-23,37H2,1H3,(H,38,42). The summed E-state index contributed by atoms with van der Waals surface area (Å²) in [6.07, 6.45) is 7.73. The lowest BCUT2D eigenvalue weighted by Crippen LogP contribution is -2.39. The molecule has 5 rings (SSSR count). The van der Waals surface area contributed by atoms with Gasteiger partial charge in [0.15, 0.2) is 5.78 Å². The second-order valence-corrected chi connectivity index (χ2v) is 11.9. The number of piperidine rings is 1. The van der Waals surface area contributed by atoms with Crippen molar-refractivity contribution in [2.24, 2.45) is 5.92 Å². The van der Waals surface area contributed by atoms with Gasteiger partial charge in [0.05, 0.1) is 23.4 Å². The number of aromatic nitrogens is 1. The maximum Gasteiger partial charge on any atom is 0.255 e. The number of likely N-dealkylation sites (tertiary alicyclic amines) is 1. The van der Waals surface area contributed by atoms with Crippen LogP contribution in [0.25, 0.3) is 10.9 Å². The molecule has 0 radical (unpaired) electrons. The number of unbranched alkanes of at least 4 members (excludes halogenated alkanes) is 2. The average Bonchev–Trinajstić information content (AvgIpc) is 3.40. The number of methoxy groups -OCH3 is 1. The summed E-state index contributed by atoms with van der Waals surface area (Å²) in [5.41, 5.74) is 9.78. The molecule has 1 aromatic heterocycles. The minimum absolute atomic E-state index is 0.198. The van der Waals surface area contributed by atoms with Crippen LogP contribution < -0.4 is 15.8 Å². The molecule has 7 nitrogen and oxygen atoms in total. The average molecular weight is 601 g/mol. The molecule has 0 saturated carbocycles. The van der Waals surface area contributed by atoms with Crippen molar-refractivity contribution in [3.63, 3.8) is 0 Å². The second-order valence-electron chi connectivity index (χ2n) is 11.5. The lowest BCUT2D eigenvalue weighted by molar-refractivity contribution is 0.0932. The Labute approximate surface area is 259 Å². The Kier molecular flexibility index (Phi) is 10.4. The van der Waals surface area contributed by atoms with E-state index < -0.39 is 0 Å². The van der Waals surface area contributed by atoms with Gasteiger partial charge in [-0.1, -0.05) is 66.6 Å². The summed E-state index contributed by atoms with van der Waals surface area (Å²) in [6, 6.07) is 21.7. The molecule has 0 atom stereocenters. The number of rotatable bonds is 13. The number of Topliss-reactive ketones (excluding diaryl/α,β-unsaturated/α-hetero) is 1. The number of nitrogens with one attached hydrogen (secondary N) is 1. The van der Waals surface area contributed by atoms with Crippen molar-refractivity contribution in [1.29, 1.82) is 0 Å². The van der Waals surface area contributed by atoms with Gasteiger partial charge >= 0.3 is 0 Å². The van der Waals surface area contributed by atoms with Gasteiger partial charge in [0.25, 0.3) is 5.91 Å². The lowest BCUT2D eigenvalue weighted by Gasteiger charge is -2.32. The first-order valence-electron chi connectivity index (χ1n) is 15.2. The molecule has 1 aliphatic heterocycles. The number of hydrogen-bond acceptors (Lipinski definition) is 5. The van der Waals surface area contributed by atoms with Crippen LogP contribution in [0.3, 0.4) is 0 Å².